The standard InChI is InChI=1S/C26H36F2N6O/c1-16(30-19-11-8-17(9-12-19)26(2,3)35)31-24-23(15-29)33-25(34(24)20-6-4-5-7-20)32-22-13-10-18(27)14-21(22)28/h10,13-15,17,19-20,30,35H,1,4-9,11-12,29H2,2-3H3,(H,32,33)/b23-15+,31-24+. The Hall–Kier alpha value is -2.94. The van der Waals surface area contributed by atoms with E-state index in [-0.39, 0.29) is 23.7 Å². The molecule has 35 heavy (non-hydrogen) atoms. The van der Waals surface area contributed by atoms with Crippen molar-refractivity contribution in [2.24, 2.45) is 21.6 Å². The van der Waals surface area contributed by atoms with Gasteiger partial charge in [-0.25, -0.2) is 18.8 Å². The van der Waals surface area contributed by atoms with Crippen molar-refractivity contribution in [3.63, 3.8) is 0 Å². The van der Waals surface area contributed by atoms with Crippen LogP contribution in [-0.4, -0.2) is 39.5 Å². The number of aliphatic hydroxyl groups is 1. The minimum absolute atomic E-state index is 0.131. The average Bonchev–Trinajstić information content (AvgIpc) is 3.43. The third-order valence-electron chi connectivity index (χ3n) is 7.27. The fraction of sp³-hybridized carbons (Fsp3) is 0.538. The van der Waals surface area contributed by atoms with Gasteiger partial charge >= 0.3 is 0 Å². The molecule has 4 rings (SSSR count). The fourth-order valence-corrected chi connectivity index (χ4v) is 5.31. The molecule has 9 heteroatoms. The smallest absolute Gasteiger partial charge is 0.210 e. The summed E-state index contributed by atoms with van der Waals surface area (Å²) in [7, 11) is 0. The van der Waals surface area contributed by atoms with E-state index < -0.39 is 17.2 Å². The van der Waals surface area contributed by atoms with Crippen LogP contribution in [0.5, 0.6) is 0 Å². The van der Waals surface area contributed by atoms with Crippen molar-refractivity contribution in [3.05, 3.63) is 54.1 Å². The van der Waals surface area contributed by atoms with E-state index in [0.29, 0.717) is 23.3 Å². The summed E-state index contributed by atoms with van der Waals surface area (Å²) >= 11 is 0. The molecule has 0 radical (unpaired) electrons. The number of hydrogen-bond donors (Lipinski definition) is 4. The highest BCUT2D eigenvalue weighted by Gasteiger charge is 2.36. The molecule has 1 heterocycles. The van der Waals surface area contributed by atoms with Crippen molar-refractivity contribution in [1.29, 1.82) is 0 Å². The first kappa shape index (κ1) is 25.2. The van der Waals surface area contributed by atoms with Crippen LogP contribution in [0, 0.1) is 17.6 Å². The van der Waals surface area contributed by atoms with E-state index in [1.54, 1.807) is 0 Å². The molecule has 0 atom stereocenters. The van der Waals surface area contributed by atoms with E-state index in [9.17, 15) is 13.9 Å². The lowest BCUT2D eigenvalue weighted by Crippen LogP contribution is -2.44. The molecule has 0 saturated heterocycles. The molecule has 2 aliphatic carbocycles. The normalized spacial score (nSPS) is 25.9. The van der Waals surface area contributed by atoms with E-state index in [0.717, 1.165) is 57.4 Å². The molecule has 2 saturated carbocycles. The van der Waals surface area contributed by atoms with Crippen LogP contribution < -0.4 is 16.4 Å². The number of rotatable bonds is 6. The zero-order valence-corrected chi connectivity index (χ0v) is 20.5. The fourth-order valence-electron chi connectivity index (χ4n) is 5.31. The van der Waals surface area contributed by atoms with Crippen LogP contribution in [0.4, 0.5) is 14.5 Å². The average molecular weight is 487 g/mol. The maximum absolute atomic E-state index is 14.4. The topological polar surface area (TPSA) is 98.3 Å². The highest BCUT2D eigenvalue weighted by Crippen LogP contribution is 2.33. The molecule has 0 amide bonds. The number of nitrogens with one attached hydrogen (secondary N) is 2. The van der Waals surface area contributed by atoms with Gasteiger partial charge in [0.2, 0.25) is 5.96 Å². The van der Waals surface area contributed by atoms with Crippen LogP contribution in [0.3, 0.4) is 0 Å². The van der Waals surface area contributed by atoms with Crippen LogP contribution in [0.2, 0.25) is 0 Å². The maximum Gasteiger partial charge on any atom is 0.210 e. The summed E-state index contributed by atoms with van der Waals surface area (Å²) < 4.78 is 27.8. The first-order valence-corrected chi connectivity index (χ1v) is 12.4. The predicted molar refractivity (Wildman–Crippen MR) is 136 cm³/mol. The van der Waals surface area contributed by atoms with Crippen LogP contribution >= 0.6 is 0 Å². The molecule has 3 aliphatic rings. The van der Waals surface area contributed by atoms with Gasteiger partial charge in [0.05, 0.1) is 11.3 Å². The molecule has 0 bridgehead atoms. The summed E-state index contributed by atoms with van der Waals surface area (Å²) in [6.07, 6.45) is 9.18. The van der Waals surface area contributed by atoms with Crippen LogP contribution in [0.25, 0.3) is 0 Å². The van der Waals surface area contributed by atoms with E-state index in [1.165, 1.54) is 18.3 Å². The van der Waals surface area contributed by atoms with E-state index in [4.69, 9.17) is 10.7 Å². The van der Waals surface area contributed by atoms with Crippen LogP contribution in [0.1, 0.15) is 65.2 Å². The predicted octanol–water partition coefficient (Wildman–Crippen LogP) is 4.58. The second kappa shape index (κ2) is 10.4. The molecule has 1 aromatic carbocycles. The molecule has 7 nitrogen and oxygen atoms in total. The SMILES string of the molecule is C=C(/N=C1\C(=C/N)N=C(Nc2ccc(F)cc2F)N1C1CCCC1)NC1CCC(C(C)(C)O)CC1. The number of nitrogens with zero attached hydrogens (tertiary/aromatic N) is 3. The van der Waals surface area contributed by atoms with Crippen molar-refractivity contribution in [1.82, 2.24) is 10.2 Å². The Kier molecular flexibility index (Phi) is 7.44. The Morgan fingerprint density at radius 3 is 2.49 bits per heavy atom. The van der Waals surface area contributed by atoms with Gasteiger partial charge in [0.15, 0.2) is 5.84 Å². The van der Waals surface area contributed by atoms with Crippen molar-refractivity contribution < 1.29 is 13.9 Å². The van der Waals surface area contributed by atoms with Crippen molar-refractivity contribution in [3.8, 4) is 0 Å². The van der Waals surface area contributed by atoms with Gasteiger partial charge in [-0.15, -0.1) is 0 Å². The highest BCUT2D eigenvalue weighted by molar-refractivity contribution is 6.18. The third-order valence-corrected chi connectivity index (χ3v) is 7.27. The summed E-state index contributed by atoms with van der Waals surface area (Å²) in [4.78, 5) is 11.3. The Labute approximate surface area is 205 Å². The van der Waals surface area contributed by atoms with Gasteiger partial charge in [0.1, 0.15) is 23.2 Å². The third kappa shape index (κ3) is 5.83. The van der Waals surface area contributed by atoms with Crippen molar-refractivity contribution >= 4 is 17.5 Å². The molecule has 5 N–H and O–H groups in total. The summed E-state index contributed by atoms with van der Waals surface area (Å²) in [5.74, 6) is 0.434. The monoisotopic (exact) mass is 486 g/mol. The zero-order chi connectivity index (χ0) is 25.2. The molecule has 0 spiro atoms. The quantitative estimate of drug-likeness (QED) is 0.472. The highest BCUT2D eigenvalue weighted by atomic mass is 19.1. The number of anilines is 1. The number of benzene rings is 1. The maximum atomic E-state index is 14.4. The van der Waals surface area contributed by atoms with Gasteiger partial charge in [-0.1, -0.05) is 19.4 Å². The Morgan fingerprint density at radius 2 is 1.89 bits per heavy atom. The molecular formula is C26H36F2N6O. The zero-order valence-electron chi connectivity index (χ0n) is 20.5. The summed E-state index contributed by atoms with van der Waals surface area (Å²) in [5, 5.41) is 16.7. The lowest BCUT2D eigenvalue weighted by molar-refractivity contribution is -0.00240. The summed E-state index contributed by atoms with van der Waals surface area (Å²) in [5.41, 5.74) is 5.84. The molecule has 0 unspecified atom stereocenters. The van der Waals surface area contributed by atoms with Gasteiger partial charge < -0.3 is 21.5 Å². The molecule has 0 aromatic heterocycles. The lowest BCUT2D eigenvalue weighted by atomic mass is 9.77. The molecule has 2 fully saturated rings. The Bertz CT molecular complexity index is 1030. The second-order valence-corrected chi connectivity index (χ2v) is 10.3. The van der Waals surface area contributed by atoms with Gasteiger partial charge in [0.25, 0.3) is 0 Å². The number of nitrogens with two attached hydrogens (primary N) is 1. The number of aliphatic imine (C=N–C) groups is 2. The first-order chi connectivity index (χ1) is 16.7. The number of hydrogen-bond acceptors (Lipinski definition) is 6. The molecular weight excluding hydrogens is 450 g/mol. The second-order valence-electron chi connectivity index (χ2n) is 10.3. The Balaban J connectivity index is 1.52. The van der Waals surface area contributed by atoms with Gasteiger partial charge in [-0.3, -0.25) is 4.90 Å². The lowest BCUT2D eigenvalue weighted by Gasteiger charge is -2.36. The molecule has 1 aromatic rings. The van der Waals surface area contributed by atoms with E-state index in [2.05, 4.69) is 22.2 Å². The first-order valence-electron chi connectivity index (χ1n) is 12.4. The number of amidine groups is 1. The summed E-state index contributed by atoms with van der Waals surface area (Å²) in [6, 6.07) is 3.75. The minimum Gasteiger partial charge on any atom is -0.403 e. The van der Waals surface area contributed by atoms with Gasteiger partial charge in [-0.05, 0) is 70.4 Å². The van der Waals surface area contributed by atoms with Crippen LogP contribution in [-0.2, 0) is 0 Å². The molecule has 1 aliphatic heterocycles. The van der Waals surface area contributed by atoms with E-state index in [1.807, 2.05) is 18.7 Å². The largest absolute Gasteiger partial charge is 0.403 e. The minimum atomic E-state index is -0.699. The van der Waals surface area contributed by atoms with E-state index >= 15 is 0 Å². The van der Waals surface area contributed by atoms with Gasteiger partial charge in [0, 0.05) is 24.4 Å². The van der Waals surface area contributed by atoms with Crippen LogP contribution in [0.15, 0.2) is 52.5 Å². The summed E-state index contributed by atoms with van der Waals surface area (Å²) in [6.45, 7) is 7.87. The van der Waals surface area contributed by atoms with Crippen molar-refractivity contribution in [2.45, 2.75) is 82.9 Å². The molecule has 190 valence electrons. The number of guanidine groups is 1. The van der Waals surface area contributed by atoms with Gasteiger partial charge in [-0.2, -0.15) is 0 Å². The van der Waals surface area contributed by atoms with Crippen molar-refractivity contribution in [2.75, 3.05) is 5.32 Å². The Morgan fingerprint density at radius 1 is 1.20 bits per heavy atom. The number of halogens is 2.